The fourth-order valence-electron chi connectivity index (χ4n) is 2.39. The quantitative estimate of drug-likeness (QED) is 0.716. The van der Waals surface area contributed by atoms with Crippen LogP contribution < -0.4 is 5.32 Å². The predicted molar refractivity (Wildman–Crippen MR) is 93.3 cm³/mol. The standard InChI is InChI=1S/C17H19Br2N/c1-4-20-17(13-8-6-5-7-11(13)2)14-10-15(18)12(3)9-16(14)19/h5-10,17,20H,4H2,1-3H3. The molecule has 1 N–H and O–H groups in total. The average Bonchev–Trinajstić information content (AvgIpc) is 2.42. The summed E-state index contributed by atoms with van der Waals surface area (Å²) < 4.78 is 2.29. The Kier molecular flexibility index (Phi) is 5.42. The van der Waals surface area contributed by atoms with Crippen LogP contribution in [-0.2, 0) is 0 Å². The van der Waals surface area contributed by atoms with Gasteiger partial charge in [0, 0.05) is 8.95 Å². The minimum Gasteiger partial charge on any atom is -0.306 e. The molecule has 0 fully saturated rings. The van der Waals surface area contributed by atoms with Crippen LogP contribution in [0.3, 0.4) is 0 Å². The lowest BCUT2D eigenvalue weighted by Gasteiger charge is -2.23. The van der Waals surface area contributed by atoms with Crippen molar-refractivity contribution in [3.05, 3.63) is 67.6 Å². The second-order valence-electron chi connectivity index (χ2n) is 4.97. The number of nitrogens with one attached hydrogen (secondary N) is 1. The Morgan fingerprint density at radius 1 is 0.950 bits per heavy atom. The van der Waals surface area contributed by atoms with Crippen molar-refractivity contribution in [3.63, 3.8) is 0 Å². The van der Waals surface area contributed by atoms with Gasteiger partial charge in [-0.05, 0) is 54.8 Å². The van der Waals surface area contributed by atoms with Crippen LogP contribution in [0.15, 0.2) is 45.3 Å². The van der Waals surface area contributed by atoms with Crippen molar-refractivity contribution in [3.8, 4) is 0 Å². The molecule has 2 aromatic rings. The Morgan fingerprint density at radius 2 is 1.65 bits per heavy atom. The second kappa shape index (κ2) is 6.88. The molecule has 0 saturated heterocycles. The first kappa shape index (κ1) is 15.7. The van der Waals surface area contributed by atoms with Crippen molar-refractivity contribution in [2.24, 2.45) is 0 Å². The lowest BCUT2D eigenvalue weighted by molar-refractivity contribution is 0.625. The number of benzene rings is 2. The maximum atomic E-state index is 3.71. The molecule has 0 aliphatic carbocycles. The fraction of sp³-hybridized carbons (Fsp3) is 0.294. The first-order valence-corrected chi connectivity index (χ1v) is 8.37. The molecule has 1 unspecified atom stereocenters. The van der Waals surface area contributed by atoms with Gasteiger partial charge in [-0.2, -0.15) is 0 Å². The summed E-state index contributed by atoms with van der Waals surface area (Å²) in [5, 5.41) is 3.59. The van der Waals surface area contributed by atoms with Gasteiger partial charge in [-0.15, -0.1) is 0 Å². The third-order valence-corrected chi connectivity index (χ3v) is 5.04. The average molecular weight is 397 g/mol. The maximum Gasteiger partial charge on any atom is 0.0590 e. The Labute approximate surface area is 138 Å². The largest absolute Gasteiger partial charge is 0.306 e. The summed E-state index contributed by atoms with van der Waals surface area (Å²) in [5.41, 5.74) is 5.13. The van der Waals surface area contributed by atoms with Crippen molar-refractivity contribution in [2.75, 3.05) is 6.54 Å². The number of rotatable bonds is 4. The molecule has 0 amide bonds. The molecule has 1 nitrogen and oxygen atoms in total. The van der Waals surface area contributed by atoms with E-state index >= 15 is 0 Å². The van der Waals surface area contributed by atoms with Gasteiger partial charge in [0.05, 0.1) is 6.04 Å². The molecule has 20 heavy (non-hydrogen) atoms. The molecular formula is C17H19Br2N. The normalized spacial score (nSPS) is 12.4. The van der Waals surface area contributed by atoms with Crippen LogP contribution in [0, 0.1) is 13.8 Å². The van der Waals surface area contributed by atoms with E-state index in [4.69, 9.17) is 0 Å². The second-order valence-corrected chi connectivity index (χ2v) is 6.68. The summed E-state index contributed by atoms with van der Waals surface area (Å²) in [5.74, 6) is 0. The van der Waals surface area contributed by atoms with E-state index in [1.54, 1.807) is 0 Å². The highest BCUT2D eigenvalue weighted by Gasteiger charge is 2.18. The molecule has 2 aromatic carbocycles. The molecule has 106 valence electrons. The summed E-state index contributed by atoms with van der Waals surface area (Å²) in [4.78, 5) is 0. The minimum absolute atomic E-state index is 0.201. The van der Waals surface area contributed by atoms with Crippen molar-refractivity contribution in [2.45, 2.75) is 26.8 Å². The van der Waals surface area contributed by atoms with Gasteiger partial charge in [-0.1, -0.05) is 63.0 Å². The molecule has 0 aliphatic heterocycles. The lowest BCUT2D eigenvalue weighted by Crippen LogP contribution is -2.23. The van der Waals surface area contributed by atoms with Crippen LogP contribution in [0.4, 0.5) is 0 Å². The SMILES string of the molecule is CCNC(c1ccccc1C)c1cc(Br)c(C)cc1Br. The van der Waals surface area contributed by atoms with E-state index in [9.17, 15) is 0 Å². The summed E-state index contributed by atoms with van der Waals surface area (Å²) in [6.07, 6.45) is 0. The van der Waals surface area contributed by atoms with Crippen molar-refractivity contribution < 1.29 is 0 Å². The summed E-state index contributed by atoms with van der Waals surface area (Å²) >= 11 is 7.36. The van der Waals surface area contributed by atoms with E-state index in [-0.39, 0.29) is 6.04 Å². The van der Waals surface area contributed by atoms with E-state index in [1.165, 1.54) is 22.3 Å². The lowest BCUT2D eigenvalue weighted by atomic mass is 9.94. The Morgan fingerprint density at radius 3 is 2.30 bits per heavy atom. The van der Waals surface area contributed by atoms with E-state index < -0.39 is 0 Å². The number of hydrogen-bond donors (Lipinski definition) is 1. The van der Waals surface area contributed by atoms with Crippen LogP contribution >= 0.6 is 31.9 Å². The van der Waals surface area contributed by atoms with E-state index in [1.807, 2.05) is 0 Å². The maximum absolute atomic E-state index is 3.71. The molecule has 3 heteroatoms. The molecule has 0 aliphatic rings. The van der Waals surface area contributed by atoms with Gasteiger partial charge in [0.15, 0.2) is 0 Å². The first-order chi connectivity index (χ1) is 9.54. The molecule has 0 spiro atoms. The minimum atomic E-state index is 0.201. The smallest absolute Gasteiger partial charge is 0.0590 e. The van der Waals surface area contributed by atoms with Crippen LogP contribution in [0.5, 0.6) is 0 Å². The van der Waals surface area contributed by atoms with Crippen LogP contribution in [0.1, 0.15) is 35.2 Å². The van der Waals surface area contributed by atoms with E-state index in [0.717, 1.165) is 15.5 Å². The van der Waals surface area contributed by atoms with Crippen LogP contribution in [0.2, 0.25) is 0 Å². The van der Waals surface area contributed by atoms with Gasteiger partial charge >= 0.3 is 0 Å². The zero-order valence-corrected chi connectivity index (χ0v) is 15.2. The Hall–Kier alpha value is -0.640. The van der Waals surface area contributed by atoms with Gasteiger partial charge < -0.3 is 5.32 Å². The highest BCUT2D eigenvalue weighted by molar-refractivity contribution is 9.11. The Balaban J connectivity index is 2.54. The van der Waals surface area contributed by atoms with Gasteiger partial charge in [0.25, 0.3) is 0 Å². The molecular weight excluding hydrogens is 378 g/mol. The third kappa shape index (κ3) is 3.33. The molecule has 2 rings (SSSR count). The molecule has 0 radical (unpaired) electrons. The van der Waals surface area contributed by atoms with Crippen molar-refractivity contribution in [1.29, 1.82) is 0 Å². The van der Waals surface area contributed by atoms with E-state index in [0.29, 0.717) is 0 Å². The molecule has 0 bridgehead atoms. The zero-order chi connectivity index (χ0) is 14.7. The number of halogens is 2. The van der Waals surface area contributed by atoms with Crippen molar-refractivity contribution >= 4 is 31.9 Å². The van der Waals surface area contributed by atoms with Gasteiger partial charge in [0.2, 0.25) is 0 Å². The highest BCUT2D eigenvalue weighted by Crippen LogP contribution is 2.34. The zero-order valence-electron chi connectivity index (χ0n) is 12.0. The van der Waals surface area contributed by atoms with Gasteiger partial charge in [-0.25, -0.2) is 0 Å². The summed E-state index contributed by atoms with van der Waals surface area (Å²) in [7, 11) is 0. The van der Waals surface area contributed by atoms with Gasteiger partial charge in [0.1, 0.15) is 0 Å². The molecule has 0 saturated carbocycles. The third-order valence-electron chi connectivity index (χ3n) is 3.50. The summed E-state index contributed by atoms with van der Waals surface area (Å²) in [6, 6.07) is 13.1. The van der Waals surface area contributed by atoms with Gasteiger partial charge in [-0.3, -0.25) is 0 Å². The molecule has 0 heterocycles. The highest BCUT2D eigenvalue weighted by atomic mass is 79.9. The van der Waals surface area contributed by atoms with Crippen LogP contribution in [0.25, 0.3) is 0 Å². The fourth-order valence-corrected chi connectivity index (χ4v) is 3.43. The Bertz CT molecular complexity index is 608. The molecule has 0 aromatic heterocycles. The topological polar surface area (TPSA) is 12.0 Å². The van der Waals surface area contributed by atoms with E-state index in [2.05, 4.69) is 94.3 Å². The molecule has 1 atom stereocenters. The van der Waals surface area contributed by atoms with Crippen molar-refractivity contribution in [1.82, 2.24) is 5.32 Å². The monoisotopic (exact) mass is 395 g/mol. The number of aryl methyl sites for hydroxylation is 2. The number of hydrogen-bond acceptors (Lipinski definition) is 1. The first-order valence-electron chi connectivity index (χ1n) is 6.79. The predicted octanol–water partition coefficient (Wildman–Crippen LogP) is 5.53. The summed E-state index contributed by atoms with van der Waals surface area (Å²) in [6.45, 7) is 7.34. The van der Waals surface area contributed by atoms with Crippen LogP contribution in [-0.4, -0.2) is 6.54 Å².